The van der Waals surface area contributed by atoms with Gasteiger partial charge in [0, 0.05) is 58.9 Å². The molecule has 1 aliphatic carbocycles. The Kier molecular flexibility index (Phi) is 14.9. The number of nitrogens with zero attached hydrogens (tertiary/aromatic N) is 7. The molecule has 0 bridgehead atoms. The summed E-state index contributed by atoms with van der Waals surface area (Å²) in [5.41, 5.74) is 7.73. The van der Waals surface area contributed by atoms with E-state index in [0.717, 1.165) is 59.8 Å². The molecule has 0 radical (unpaired) electrons. The van der Waals surface area contributed by atoms with Gasteiger partial charge < -0.3 is 35.4 Å². The number of hydrogen-bond acceptors (Lipinski definition) is 14. The molecule has 20 heteroatoms. The predicted octanol–water partition coefficient (Wildman–Crippen LogP) is 7.49. The summed E-state index contributed by atoms with van der Waals surface area (Å²) < 4.78 is 13.9. The maximum absolute atomic E-state index is 14.2. The second-order valence-electron chi connectivity index (χ2n) is 20.1. The highest BCUT2D eigenvalue weighted by molar-refractivity contribution is 7.15. The number of amides is 4. The summed E-state index contributed by atoms with van der Waals surface area (Å²) in [4.78, 5) is 72.4. The van der Waals surface area contributed by atoms with E-state index in [4.69, 9.17) is 26.1 Å². The molecule has 73 heavy (non-hydrogen) atoms. The molecule has 1 saturated carbocycles. The summed E-state index contributed by atoms with van der Waals surface area (Å²) in [6, 6.07) is 15.7. The third-order valence-corrected chi connectivity index (χ3v) is 16.0. The maximum Gasteiger partial charge on any atom is 0.258 e. The van der Waals surface area contributed by atoms with E-state index in [2.05, 4.69) is 50.0 Å². The predicted molar refractivity (Wildman–Crippen MR) is 280 cm³/mol. The number of aliphatic imine (C=N–C) groups is 1. The third-order valence-electron chi connectivity index (χ3n) is 13.6. The number of aliphatic hydroxyl groups excluding tert-OH is 1. The van der Waals surface area contributed by atoms with Crippen LogP contribution in [0.25, 0.3) is 15.4 Å². The summed E-state index contributed by atoms with van der Waals surface area (Å²) in [5, 5.41) is 30.2. The lowest BCUT2D eigenvalue weighted by atomic mass is 9.85. The smallest absolute Gasteiger partial charge is 0.258 e. The lowest BCUT2D eigenvalue weighted by Gasteiger charge is -2.35. The first-order valence-corrected chi connectivity index (χ1v) is 26.4. The normalized spacial score (nSPS) is 20.1. The summed E-state index contributed by atoms with van der Waals surface area (Å²) in [5.74, 6) is 0.432. The van der Waals surface area contributed by atoms with Gasteiger partial charge in [-0.05, 0) is 74.9 Å². The molecular formula is C53H59ClN10O7S2. The van der Waals surface area contributed by atoms with Crippen LogP contribution in [-0.2, 0) is 19.2 Å². The van der Waals surface area contributed by atoms with Gasteiger partial charge in [0.05, 0.1) is 46.6 Å². The number of carbonyl (C=O) groups excluding carboxylic acids is 4. The number of rotatable bonds is 15. The molecule has 1 unspecified atom stereocenters. The average Bonchev–Trinajstić information content (AvgIpc) is 4.11. The van der Waals surface area contributed by atoms with Crippen LogP contribution < -0.4 is 25.4 Å². The Morgan fingerprint density at radius 3 is 2.30 bits per heavy atom. The van der Waals surface area contributed by atoms with E-state index >= 15 is 0 Å². The minimum absolute atomic E-state index is 0.0471. The third kappa shape index (κ3) is 11.2. The molecule has 3 aliphatic rings. The van der Waals surface area contributed by atoms with Crippen LogP contribution in [0.3, 0.4) is 0 Å². The number of fused-ring (bicyclic) bond motifs is 3. The Labute approximate surface area is 436 Å². The largest absolute Gasteiger partial charge is 0.482 e. The highest BCUT2D eigenvalue weighted by Crippen LogP contribution is 2.40. The van der Waals surface area contributed by atoms with Gasteiger partial charge in [0.2, 0.25) is 23.6 Å². The number of ether oxygens (including phenoxy) is 2. The van der Waals surface area contributed by atoms with Crippen molar-refractivity contribution in [1.82, 2.24) is 45.6 Å². The molecule has 2 aromatic carbocycles. The van der Waals surface area contributed by atoms with Gasteiger partial charge >= 0.3 is 0 Å². The van der Waals surface area contributed by atoms with Crippen molar-refractivity contribution in [1.29, 1.82) is 0 Å². The summed E-state index contributed by atoms with van der Waals surface area (Å²) >= 11 is 9.49. The molecular weight excluding hydrogens is 988 g/mol. The molecule has 4 amide bonds. The molecule has 9 rings (SSSR count). The van der Waals surface area contributed by atoms with Crippen molar-refractivity contribution in [2.45, 2.75) is 123 Å². The first-order chi connectivity index (χ1) is 34.8. The molecule has 6 aromatic rings. The van der Waals surface area contributed by atoms with Gasteiger partial charge in [0.1, 0.15) is 40.8 Å². The Morgan fingerprint density at radius 2 is 1.63 bits per heavy atom. The lowest BCUT2D eigenvalue weighted by molar-refractivity contribution is -0.144. The number of thiazole rings is 1. The summed E-state index contributed by atoms with van der Waals surface area (Å²) in [7, 11) is 0. The first kappa shape index (κ1) is 51.4. The van der Waals surface area contributed by atoms with Crippen LogP contribution >= 0.6 is 34.3 Å². The van der Waals surface area contributed by atoms with Crippen LogP contribution in [0.2, 0.25) is 5.02 Å². The second-order valence-corrected chi connectivity index (χ2v) is 22.6. The van der Waals surface area contributed by atoms with E-state index in [1.807, 2.05) is 100 Å². The van der Waals surface area contributed by atoms with Crippen molar-refractivity contribution < 1.29 is 33.8 Å². The fraction of sp³-hybridized carbons (Fsp3) is 0.415. The number of aromatic nitrogens is 5. The fourth-order valence-corrected chi connectivity index (χ4v) is 11.6. The van der Waals surface area contributed by atoms with E-state index in [0.29, 0.717) is 35.3 Å². The topological polar surface area (TPSA) is 215 Å². The molecule has 17 nitrogen and oxygen atoms in total. The van der Waals surface area contributed by atoms with Crippen molar-refractivity contribution in [3.8, 4) is 27.1 Å². The SMILES string of the molecule is Cc1ncsc1-c1ccc([C@H](C)NC(=O)[C@@H]2C[C@@H](O)CN2C(=O)[C@@H](NC(=O)COc2ccc(OC3CC(NC(=O)CC4N=C(c5ccc(Cl)cc5)c5c(sc(C)c5C)-n5c(C)nnc54)C3)nc2)C(C)(C)C)cc1. The monoisotopic (exact) mass is 1050 g/mol. The number of carbonyl (C=O) groups is 4. The molecule has 2 aliphatic heterocycles. The number of halogens is 1. The molecule has 4 aromatic heterocycles. The number of aliphatic hydroxyl groups is 1. The number of pyridine rings is 1. The van der Waals surface area contributed by atoms with Crippen LogP contribution in [-0.4, -0.2) is 108 Å². The van der Waals surface area contributed by atoms with E-state index in [1.54, 1.807) is 34.8 Å². The Morgan fingerprint density at radius 1 is 0.904 bits per heavy atom. The Bertz CT molecular complexity index is 3050. The molecule has 2 fully saturated rings. The average molecular weight is 1050 g/mol. The quantitative estimate of drug-likeness (QED) is 0.0791. The number of nitrogens with one attached hydrogen (secondary N) is 3. The van der Waals surface area contributed by atoms with Gasteiger partial charge in [-0.15, -0.1) is 32.9 Å². The van der Waals surface area contributed by atoms with Crippen molar-refractivity contribution >= 4 is 63.6 Å². The van der Waals surface area contributed by atoms with E-state index < -0.39 is 54.0 Å². The molecule has 382 valence electrons. The molecule has 5 atom stereocenters. The minimum atomic E-state index is -1.03. The molecule has 0 spiro atoms. The number of thiophene rings is 1. The van der Waals surface area contributed by atoms with Gasteiger partial charge in [-0.1, -0.05) is 68.8 Å². The fourth-order valence-electron chi connectivity index (χ4n) is 9.43. The zero-order valence-electron chi connectivity index (χ0n) is 41.9. The first-order valence-electron chi connectivity index (χ1n) is 24.3. The number of β-amino-alcohol motifs (C(OH)–C–C–N with tert-alkyl or cyclic N) is 1. The standard InChI is InChI=1S/C53H59ClN10O7S2/c1-27-30(4)73-52-45(27)46(33-13-15-35(54)16-14-33)59-40(49-62-61-31(5)64(49)52)22-42(66)58-36-19-39(20-36)71-44-18-17-38(23-55-44)70-25-43(67)60-48(53(6,7)8)51(69)63-24-37(65)21-41(63)50(68)57-28(2)32-9-11-34(12-10-32)47-29(3)56-26-72-47/h9-18,23,26,28,36-37,39-41,48,65H,19-22,24-25H2,1-8H3,(H,57,68)(H,58,66)(H,60,67)/t28-,36?,37+,39?,40?,41-,48+/m0/s1. The van der Waals surface area contributed by atoms with Crippen molar-refractivity contribution in [2.75, 3.05) is 13.2 Å². The van der Waals surface area contributed by atoms with Crippen LogP contribution in [0.15, 0.2) is 77.4 Å². The minimum Gasteiger partial charge on any atom is -0.482 e. The van der Waals surface area contributed by atoms with Gasteiger partial charge in [-0.2, -0.15) is 0 Å². The van der Waals surface area contributed by atoms with Crippen molar-refractivity contribution in [3.63, 3.8) is 0 Å². The van der Waals surface area contributed by atoms with Crippen molar-refractivity contribution in [3.05, 3.63) is 122 Å². The second kappa shape index (κ2) is 21.1. The van der Waals surface area contributed by atoms with Gasteiger partial charge in [-0.3, -0.25) is 28.7 Å². The zero-order chi connectivity index (χ0) is 51.9. The zero-order valence-corrected chi connectivity index (χ0v) is 44.3. The molecule has 4 N–H and O–H groups in total. The highest BCUT2D eigenvalue weighted by atomic mass is 35.5. The molecule has 6 heterocycles. The van der Waals surface area contributed by atoms with Crippen LogP contribution in [0.5, 0.6) is 11.6 Å². The van der Waals surface area contributed by atoms with Gasteiger partial charge in [-0.25, -0.2) is 9.97 Å². The highest BCUT2D eigenvalue weighted by Gasteiger charge is 2.45. The summed E-state index contributed by atoms with van der Waals surface area (Å²) in [6.45, 7) is 14.9. The number of aryl methyl sites for hydroxylation is 3. The van der Waals surface area contributed by atoms with E-state index in [1.165, 1.54) is 11.1 Å². The Balaban J connectivity index is 0.750. The van der Waals surface area contributed by atoms with Crippen molar-refractivity contribution in [2.24, 2.45) is 10.4 Å². The lowest BCUT2D eigenvalue weighted by Crippen LogP contribution is -2.58. The number of likely N-dealkylation sites (tertiary alicyclic amines) is 1. The van der Waals surface area contributed by atoms with Gasteiger partial charge in [0.15, 0.2) is 12.4 Å². The number of benzene rings is 2. The summed E-state index contributed by atoms with van der Waals surface area (Å²) in [6.07, 6.45) is 1.68. The van der Waals surface area contributed by atoms with Crippen LogP contribution in [0, 0.1) is 33.1 Å². The van der Waals surface area contributed by atoms with E-state index in [-0.39, 0.29) is 43.5 Å². The van der Waals surface area contributed by atoms with E-state index in [9.17, 15) is 24.3 Å². The Hall–Kier alpha value is -6.54. The van der Waals surface area contributed by atoms with Crippen LogP contribution in [0.1, 0.15) is 110 Å². The van der Waals surface area contributed by atoms with Crippen LogP contribution in [0.4, 0.5) is 0 Å². The number of hydrogen-bond donors (Lipinski definition) is 4. The molecule has 1 saturated heterocycles. The maximum atomic E-state index is 14.2. The van der Waals surface area contributed by atoms with Gasteiger partial charge in [0.25, 0.3) is 5.91 Å².